The number of ether oxygens (including phenoxy) is 1. The first-order valence-electron chi connectivity index (χ1n) is 16.7. The summed E-state index contributed by atoms with van der Waals surface area (Å²) in [5, 5.41) is 12.6. The number of hydrogen-bond acceptors (Lipinski definition) is 12. The molecule has 12 nitrogen and oxygen atoms in total. The number of benzene rings is 2. The topological polar surface area (TPSA) is 147 Å². The van der Waals surface area contributed by atoms with Crippen molar-refractivity contribution in [3.8, 4) is 16.9 Å². The molecule has 0 saturated carbocycles. The van der Waals surface area contributed by atoms with Crippen molar-refractivity contribution in [2.24, 2.45) is 0 Å². The summed E-state index contributed by atoms with van der Waals surface area (Å²) in [6.07, 6.45) is -1.52. The predicted octanol–water partition coefficient (Wildman–Crippen LogP) is 6.30. The molecule has 1 fully saturated rings. The summed E-state index contributed by atoms with van der Waals surface area (Å²) < 4.78 is 75.2. The van der Waals surface area contributed by atoms with Crippen LogP contribution < -0.4 is 19.7 Å². The number of rotatable bonds is 13. The molecular formula is C36H34F3N7O5S3. The fourth-order valence-corrected chi connectivity index (χ4v) is 8.17. The fraction of sp³-hybridized carbons (Fsp3) is 0.250. The number of carbonyl (C=O) groups is 2. The summed E-state index contributed by atoms with van der Waals surface area (Å²) in [7, 11) is -4.71. The van der Waals surface area contributed by atoms with Crippen molar-refractivity contribution in [2.75, 3.05) is 55.3 Å². The van der Waals surface area contributed by atoms with Gasteiger partial charge in [-0.05, 0) is 72.5 Å². The number of hydrogen-bond donors (Lipinski definition) is 2. The van der Waals surface area contributed by atoms with Crippen LogP contribution in [0.4, 0.5) is 24.7 Å². The van der Waals surface area contributed by atoms with Gasteiger partial charge in [0.25, 0.3) is 21.8 Å². The van der Waals surface area contributed by atoms with Crippen LogP contribution in [0.5, 0.6) is 5.75 Å². The third-order valence-electron chi connectivity index (χ3n) is 8.20. The monoisotopic (exact) mass is 797 g/mol. The van der Waals surface area contributed by atoms with Crippen LogP contribution in [0.1, 0.15) is 32.6 Å². The smallest absolute Gasteiger partial charge is 0.418 e. The Hall–Kier alpha value is -5.20. The lowest BCUT2D eigenvalue weighted by atomic mass is 10.1. The minimum atomic E-state index is -4.87. The maximum absolute atomic E-state index is 14.0. The van der Waals surface area contributed by atoms with E-state index in [2.05, 4.69) is 20.5 Å². The number of aromatic nitrogens is 3. The molecule has 0 atom stereocenters. The summed E-state index contributed by atoms with van der Waals surface area (Å²) in [6.45, 7) is 4.25. The molecule has 2 amide bonds. The molecule has 2 N–H and O–H groups in total. The van der Waals surface area contributed by atoms with Gasteiger partial charge in [0.2, 0.25) is 0 Å². The van der Waals surface area contributed by atoms with Crippen molar-refractivity contribution < 1.29 is 35.9 Å². The number of carbonyl (C=O) groups excluding carboxylic acids is 2. The van der Waals surface area contributed by atoms with Crippen LogP contribution in [0, 0.1) is 0 Å². The first-order valence-corrected chi connectivity index (χ1v) is 20.0. The van der Waals surface area contributed by atoms with Gasteiger partial charge in [0, 0.05) is 60.8 Å². The molecule has 0 aliphatic carbocycles. The lowest BCUT2D eigenvalue weighted by Crippen LogP contribution is -2.49. The van der Waals surface area contributed by atoms with Gasteiger partial charge in [-0.3, -0.25) is 14.6 Å². The average molecular weight is 798 g/mol. The molecule has 4 heterocycles. The van der Waals surface area contributed by atoms with Gasteiger partial charge in [-0.2, -0.15) is 13.2 Å². The maximum atomic E-state index is 14.0. The number of alkyl halides is 3. The summed E-state index contributed by atoms with van der Waals surface area (Å²) >= 11 is 2.80. The molecule has 0 bridgehead atoms. The van der Waals surface area contributed by atoms with E-state index in [1.807, 2.05) is 59.7 Å². The summed E-state index contributed by atoms with van der Waals surface area (Å²) in [4.78, 5) is 34.8. The fourth-order valence-electron chi connectivity index (χ4n) is 5.52. The number of anilines is 2. The third-order valence-corrected chi connectivity index (χ3v) is 11.5. The molecular weight excluding hydrogens is 764 g/mol. The Balaban J connectivity index is 1.03. The van der Waals surface area contributed by atoms with Gasteiger partial charge < -0.3 is 19.9 Å². The average Bonchev–Trinajstić information content (AvgIpc) is 3.67. The zero-order valence-corrected chi connectivity index (χ0v) is 31.2. The van der Waals surface area contributed by atoms with Gasteiger partial charge in [-0.1, -0.05) is 18.2 Å². The second kappa shape index (κ2) is 16.9. The molecule has 3 aromatic heterocycles. The van der Waals surface area contributed by atoms with Gasteiger partial charge in [0.1, 0.15) is 5.75 Å². The van der Waals surface area contributed by atoms with Crippen LogP contribution >= 0.6 is 23.1 Å². The molecule has 54 heavy (non-hydrogen) atoms. The van der Waals surface area contributed by atoms with E-state index in [4.69, 9.17) is 4.74 Å². The number of sulfonamides is 1. The highest BCUT2D eigenvalue weighted by molar-refractivity contribution is 7.99. The van der Waals surface area contributed by atoms with Crippen LogP contribution in [-0.4, -0.2) is 85.4 Å². The number of nitrogens with one attached hydrogen (secondary N) is 2. The van der Waals surface area contributed by atoms with Crippen molar-refractivity contribution in [2.45, 2.75) is 22.9 Å². The Labute approximate surface area is 317 Å². The number of piperazine rings is 1. The largest absolute Gasteiger partial charge is 0.492 e. The summed E-state index contributed by atoms with van der Waals surface area (Å²) in [5.74, 6) is 0.254. The minimum Gasteiger partial charge on any atom is -0.492 e. The lowest BCUT2D eigenvalue weighted by Gasteiger charge is -2.35. The molecule has 2 aromatic carbocycles. The summed E-state index contributed by atoms with van der Waals surface area (Å²) in [5.41, 5.74) is -0.112. The van der Waals surface area contributed by atoms with Gasteiger partial charge in [-0.25, -0.2) is 13.1 Å². The lowest BCUT2D eigenvalue weighted by molar-refractivity contribution is -0.137. The van der Waals surface area contributed by atoms with Crippen LogP contribution in [0.3, 0.4) is 0 Å². The Morgan fingerprint density at radius 1 is 0.944 bits per heavy atom. The molecule has 1 aliphatic heterocycles. The van der Waals surface area contributed by atoms with Gasteiger partial charge in [-0.15, -0.1) is 33.3 Å². The number of thioether (sulfide) groups is 1. The third kappa shape index (κ3) is 9.47. The SMILES string of the molecule is CCOc1cncc(-c2csc(C(=O)N3CCN(c4ccc(C(=O)NS(=O)(=O)c5ccc(NCCSc6ccccc6)c(C(F)(F)F)c5)nn4)CC3)c2)c1. The van der Waals surface area contributed by atoms with E-state index >= 15 is 0 Å². The van der Waals surface area contributed by atoms with Crippen LogP contribution in [0.15, 0.2) is 100 Å². The van der Waals surface area contributed by atoms with E-state index in [1.165, 1.54) is 35.2 Å². The van der Waals surface area contributed by atoms with E-state index in [9.17, 15) is 31.2 Å². The Kier molecular flexibility index (Phi) is 12.0. The van der Waals surface area contributed by atoms with Gasteiger partial charge in [0.05, 0.1) is 28.1 Å². The van der Waals surface area contributed by atoms with E-state index in [-0.39, 0.29) is 23.8 Å². The Bertz CT molecular complexity index is 2200. The van der Waals surface area contributed by atoms with Crippen molar-refractivity contribution in [3.05, 3.63) is 107 Å². The molecule has 1 aliphatic rings. The second-order valence-corrected chi connectivity index (χ2v) is 15.6. The van der Waals surface area contributed by atoms with Crippen molar-refractivity contribution >= 4 is 56.4 Å². The normalized spacial score (nSPS) is 13.4. The van der Waals surface area contributed by atoms with E-state index in [0.717, 1.165) is 28.2 Å². The van der Waals surface area contributed by atoms with E-state index in [0.29, 0.717) is 61.0 Å². The van der Waals surface area contributed by atoms with Crippen LogP contribution in [0.25, 0.3) is 11.1 Å². The van der Waals surface area contributed by atoms with Gasteiger partial charge in [0.15, 0.2) is 11.5 Å². The van der Waals surface area contributed by atoms with Gasteiger partial charge >= 0.3 is 6.18 Å². The summed E-state index contributed by atoms with van der Waals surface area (Å²) in [6, 6.07) is 18.3. The highest BCUT2D eigenvalue weighted by atomic mass is 32.2. The van der Waals surface area contributed by atoms with Crippen LogP contribution in [-0.2, 0) is 16.2 Å². The van der Waals surface area contributed by atoms with Crippen molar-refractivity contribution in [1.82, 2.24) is 24.8 Å². The molecule has 1 saturated heterocycles. The van der Waals surface area contributed by atoms with Crippen molar-refractivity contribution in [3.63, 3.8) is 0 Å². The molecule has 18 heteroatoms. The number of nitrogens with zero attached hydrogens (tertiary/aromatic N) is 5. The van der Waals surface area contributed by atoms with Crippen molar-refractivity contribution in [1.29, 1.82) is 0 Å². The molecule has 0 radical (unpaired) electrons. The minimum absolute atomic E-state index is 0.106. The zero-order chi connectivity index (χ0) is 38.3. The molecule has 6 rings (SSSR count). The Morgan fingerprint density at radius 3 is 2.43 bits per heavy atom. The number of pyridine rings is 1. The first kappa shape index (κ1) is 38.5. The number of halogens is 3. The maximum Gasteiger partial charge on any atom is 0.418 e. The quantitative estimate of drug-likeness (QED) is 0.102. The zero-order valence-electron chi connectivity index (χ0n) is 28.7. The molecule has 5 aromatic rings. The highest BCUT2D eigenvalue weighted by Gasteiger charge is 2.35. The highest BCUT2D eigenvalue weighted by Crippen LogP contribution is 2.36. The number of thiophene rings is 1. The van der Waals surface area contributed by atoms with E-state index < -0.39 is 32.6 Å². The van der Waals surface area contributed by atoms with Crippen LogP contribution in [0.2, 0.25) is 0 Å². The second-order valence-electron chi connectivity index (χ2n) is 11.8. The Morgan fingerprint density at radius 2 is 1.72 bits per heavy atom. The first-order chi connectivity index (χ1) is 25.9. The van der Waals surface area contributed by atoms with E-state index in [1.54, 1.807) is 22.0 Å². The molecule has 0 unspecified atom stereocenters. The molecule has 0 spiro atoms. The predicted molar refractivity (Wildman–Crippen MR) is 201 cm³/mol. The standard InChI is InChI=1S/C36H34F3N7O5S3/c1-2-51-26-18-24(21-40-22-26)25-19-32(53-23-25)35(48)46-15-13-45(14-16-46)33-11-10-31(42-43-33)34(47)44-54(49,50)28-8-9-30(29(20-28)36(37,38)39)41-12-17-52-27-6-4-3-5-7-27/h3-11,18-23,41H,2,12-17H2,1H3,(H,44,47). The molecule has 282 valence electrons. The number of amides is 2.